The molecule has 0 bridgehead atoms. The molecule has 1 amide bonds. The van der Waals surface area contributed by atoms with E-state index in [-0.39, 0.29) is 24.3 Å². The van der Waals surface area contributed by atoms with Crippen molar-refractivity contribution in [3.63, 3.8) is 0 Å². The maximum atomic E-state index is 11.7. The van der Waals surface area contributed by atoms with Crippen molar-refractivity contribution in [2.75, 3.05) is 6.61 Å². The Kier molecular flexibility index (Phi) is 4.76. The quantitative estimate of drug-likeness (QED) is 0.789. The first-order chi connectivity index (χ1) is 7.58. The lowest BCUT2D eigenvalue weighted by Gasteiger charge is -2.14. The summed E-state index contributed by atoms with van der Waals surface area (Å²) in [6, 6.07) is 4.33. The minimum Gasteiger partial charge on any atom is -0.507 e. The van der Waals surface area contributed by atoms with Gasteiger partial charge in [-0.25, -0.2) is 0 Å². The van der Waals surface area contributed by atoms with Crippen molar-refractivity contribution in [3.05, 3.63) is 28.2 Å². The van der Waals surface area contributed by atoms with Crippen LogP contribution in [0.4, 0.5) is 0 Å². The van der Waals surface area contributed by atoms with Gasteiger partial charge in [-0.2, -0.15) is 0 Å². The minimum atomic E-state index is -0.302. The highest BCUT2D eigenvalue weighted by molar-refractivity contribution is 9.10. The summed E-state index contributed by atoms with van der Waals surface area (Å²) in [5.74, 6) is -0.284. The van der Waals surface area contributed by atoms with E-state index >= 15 is 0 Å². The number of phenols is 1. The van der Waals surface area contributed by atoms with E-state index in [1.165, 1.54) is 6.07 Å². The molecule has 1 aromatic carbocycles. The molecule has 0 fully saturated rings. The molecule has 3 N–H and O–H groups in total. The standard InChI is InChI=1S/C11H14BrNO3/c1-2-8(6-14)13-11(16)7-3-4-9(12)10(15)5-7/h3-5,8,14-15H,2,6H2,1H3,(H,13,16)/t8-/m1/s1. The number of phenolic OH excluding ortho intramolecular Hbond substituents is 1. The van der Waals surface area contributed by atoms with Crippen LogP contribution in [0.5, 0.6) is 5.75 Å². The summed E-state index contributed by atoms with van der Waals surface area (Å²) in [5, 5.41) is 21.0. The van der Waals surface area contributed by atoms with Gasteiger partial charge in [0.2, 0.25) is 0 Å². The fourth-order valence-corrected chi connectivity index (χ4v) is 1.45. The molecule has 0 saturated heterocycles. The zero-order chi connectivity index (χ0) is 12.1. The minimum absolute atomic E-state index is 0.0182. The van der Waals surface area contributed by atoms with Crippen LogP contribution in [0, 0.1) is 0 Å². The number of rotatable bonds is 4. The number of benzene rings is 1. The van der Waals surface area contributed by atoms with Gasteiger partial charge in [0.25, 0.3) is 5.91 Å². The molecule has 0 unspecified atom stereocenters. The third-order valence-electron chi connectivity index (χ3n) is 2.26. The summed E-state index contributed by atoms with van der Waals surface area (Å²) < 4.78 is 0.540. The molecule has 0 radical (unpaired) electrons. The Morgan fingerprint density at radius 2 is 2.25 bits per heavy atom. The highest BCUT2D eigenvalue weighted by Gasteiger charge is 2.12. The van der Waals surface area contributed by atoms with Crippen LogP contribution in [-0.4, -0.2) is 28.8 Å². The Balaban J connectivity index is 2.76. The second kappa shape index (κ2) is 5.86. The Bertz CT molecular complexity index is 377. The monoisotopic (exact) mass is 287 g/mol. The van der Waals surface area contributed by atoms with Crippen LogP contribution in [0.15, 0.2) is 22.7 Å². The van der Waals surface area contributed by atoms with E-state index in [4.69, 9.17) is 5.11 Å². The zero-order valence-electron chi connectivity index (χ0n) is 8.90. The van der Waals surface area contributed by atoms with Crippen LogP contribution < -0.4 is 5.32 Å². The van der Waals surface area contributed by atoms with Crippen molar-refractivity contribution in [2.45, 2.75) is 19.4 Å². The van der Waals surface area contributed by atoms with Crippen molar-refractivity contribution in [2.24, 2.45) is 0 Å². The molecule has 0 aliphatic rings. The number of carbonyl (C=O) groups excluding carboxylic acids is 1. The van der Waals surface area contributed by atoms with Crippen molar-refractivity contribution in [1.29, 1.82) is 0 Å². The SMILES string of the molecule is CC[C@H](CO)NC(=O)c1ccc(Br)c(O)c1. The molecule has 0 heterocycles. The lowest BCUT2D eigenvalue weighted by Crippen LogP contribution is -2.36. The second-order valence-electron chi connectivity index (χ2n) is 3.43. The maximum Gasteiger partial charge on any atom is 0.251 e. The van der Waals surface area contributed by atoms with Gasteiger partial charge in [-0.15, -0.1) is 0 Å². The summed E-state index contributed by atoms with van der Waals surface area (Å²) in [6.07, 6.45) is 0.657. The van der Waals surface area contributed by atoms with Crippen LogP contribution in [-0.2, 0) is 0 Å². The fraction of sp³-hybridized carbons (Fsp3) is 0.364. The number of halogens is 1. The fourth-order valence-electron chi connectivity index (χ4n) is 1.20. The molecule has 5 heteroatoms. The first-order valence-corrected chi connectivity index (χ1v) is 5.78. The zero-order valence-corrected chi connectivity index (χ0v) is 10.5. The summed E-state index contributed by atoms with van der Waals surface area (Å²) in [6.45, 7) is 1.78. The van der Waals surface area contributed by atoms with E-state index in [9.17, 15) is 9.90 Å². The summed E-state index contributed by atoms with van der Waals surface area (Å²) in [5.41, 5.74) is 0.368. The Morgan fingerprint density at radius 1 is 1.56 bits per heavy atom. The predicted octanol–water partition coefficient (Wildman–Crippen LogP) is 1.66. The van der Waals surface area contributed by atoms with Gasteiger partial charge in [0.1, 0.15) is 5.75 Å². The Labute approximate surface area is 102 Å². The smallest absolute Gasteiger partial charge is 0.251 e. The summed E-state index contributed by atoms with van der Waals surface area (Å²) >= 11 is 3.13. The Morgan fingerprint density at radius 3 is 2.75 bits per heavy atom. The maximum absolute atomic E-state index is 11.7. The molecule has 16 heavy (non-hydrogen) atoms. The molecular weight excluding hydrogens is 274 g/mol. The largest absolute Gasteiger partial charge is 0.507 e. The van der Waals surface area contributed by atoms with Gasteiger partial charge in [-0.3, -0.25) is 4.79 Å². The first-order valence-electron chi connectivity index (χ1n) is 4.98. The number of aliphatic hydroxyl groups is 1. The second-order valence-corrected chi connectivity index (χ2v) is 4.28. The highest BCUT2D eigenvalue weighted by Crippen LogP contribution is 2.24. The lowest BCUT2D eigenvalue weighted by atomic mass is 10.1. The molecule has 0 aliphatic carbocycles. The van der Waals surface area contributed by atoms with Crippen molar-refractivity contribution in [1.82, 2.24) is 5.32 Å². The van der Waals surface area contributed by atoms with Gasteiger partial charge in [0, 0.05) is 5.56 Å². The van der Waals surface area contributed by atoms with Crippen molar-refractivity contribution < 1.29 is 15.0 Å². The molecular formula is C11H14BrNO3. The van der Waals surface area contributed by atoms with Crippen LogP contribution in [0.2, 0.25) is 0 Å². The van der Waals surface area contributed by atoms with E-state index in [0.29, 0.717) is 16.5 Å². The highest BCUT2D eigenvalue weighted by atomic mass is 79.9. The van der Waals surface area contributed by atoms with Gasteiger partial charge in [-0.05, 0) is 40.5 Å². The van der Waals surface area contributed by atoms with Crippen molar-refractivity contribution >= 4 is 21.8 Å². The molecule has 0 saturated carbocycles. The molecule has 4 nitrogen and oxygen atoms in total. The average Bonchev–Trinajstić information content (AvgIpc) is 2.29. The van der Waals surface area contributed by atoms with Gasteiger partial charge >= 0.3 is 0 Å². The number of hydrogen-bond donors (Lipinski definition) is 3. The average molecular weight is 288 g/mol. The number of aliphatic hydroxyl groups excluding tert-OH is 1. The van der Waals surface area contributed by atoms with Crippen LogP contribution in [0.3, 0.4) is 0 Å². The van der Waals surface area contributed by atoms with Crippen LogP contribution >= 0.6 is 15.9 Å². The third kappa shape index (κ3) is 3.21. The normalized spacial score (nSPS) is 12.2. The lowest BCUT2D eigenvalue weighted by molar-refractivity contribution is 0.0914. The van der Waals surface area contributed by atoms with Crippen LogP contribution in [0.1, 0.15) is 23.7 Å². The summed E-state index contributed by atoms with van der Waals surface area (Å²) in [4.78, 5) is 11.7. The number of hydrogen-bond acceptors (Lipinski definition) is 3. The van der Waals surface area contributed by atoms with E-state index in [2.05, 4.69) is 21.2 Å². The molecule has 0 spiro atoms. The molecule has 0 aliphatic heterocycles. The van der Waals surface area contributed by atoms with E-state index in [1.807, 2.05) is 6.92 Å². The van der Waals surface area contributed by atoms with E-state index in [0.717, 1.165) is 0 Å². The topological polar surface area (TPSA) is 69.6 Å². The first kappa shape index (κ1) is 13.0. The molecule has 88 valence electrons. The third-order valence-corrected chi connectivity index (χ3v) is 2.93. The molecule has 1 rings (SSSR count). The molecule has 1 atom stereocenters. The van der Waals surface area contributed by atoms with Gasteiger partial charge in [-0.1, -0.05) is 6.92 Å². The van der Waals surface area contributed by atoms with Gasteiger partial charge in [0.05, 0.1) is 17.1 Å². The van der Waals surface area contributed by atoms with Crippen LogP contribution in [0.25, 0.3) is 0 Å². The summed E-state index contributed by atoms with van der Waals surface area (Å²) in [7, 11) is 0. The van der Waals surface area contributed by atoms with Gasteiger partial charge in [0.15, 0.2) is 0 Å². The number of nitrogens with one attached hydrogen (secondary N) is 1. The van der Waals surface area contributed by atoms with E-state index in [1.54, 1.807) is 12.1 Å². The van der Waals surface area contributed by atoms with Gasteiger partial charge < -0.3 is 15.5 Å². The predicted molar refractivity (Wildman–Crippen MR) is 64.4 cm³/mol. The Hall–Kier alpha value is -1.07. The molecule has 1 aromatic rings. The number of carbonyl (C=O) groups is 1. The number of aromatic hydroxyl groups is 1. The molecule has 0 aromatic heterocycles. The van der Waals surface area contributed by atoms with Crippen molar-refractivity contribution in [3.8, 4) is 5.75 Å². The number of amides is 1. The van der Waals surface area contributed by atoms with E-state index < -0.39 is 0 Å².